The lowest BCUT2D eigenvalue weighted by Gasteiger charge is -2.38. The predicted octanol–water partition coefficient (Wildman–Crippen LogP) is 2.77. The molecule has 1 aliphatic heterocycles. The first-order chi connectivity index (χ1) is 14.9. The van der Waals surface area contributed by atoms with E-state index in [-0.39, 0.29) is 18.7 Å². The molecule has 1 fully saturated rings. The van der Waals surface area contributed by atoms with Gasteiger partial charge in [-0.25, -0.2) is 22.6 Å². The van der Waals surface area contributed by atoms with Gasteiger partial charge in [-0.05, 0) is 43.2 Å². The zero-order chi connectivity index (χ0) is 23.7. The second-order valence-corrected chi connectivity index (χ2v) is 8.89. The molecule has 1 aliphatic rings. The molecule has 2 heterocycles. The zero-order valence-corrected chi connectivity index (χ0v) is 17.2. The molecule has 174 valence electrons. The van der Waals surface area contributed by atoms with Crippen molar-refractivity contribution in [3.63, 3.8) is 0 Å². The summed E-state index contributed by atoms with van der Waals surface area (Å²) in [6.07, 6.45) is -3.45. The molecule has 1 unspecified atom stereocenters. The van der Waals surface area contributed by atoms with E-state index in [9.17, 15) is 41.0 Å². The van der Waals surface area contributed by atoms with Gasteiger partial charge in [0.05, 0.1) is 11.8 Å². The first kappa shape index (κ1) is 23.9. The summed E-state index contributed by atoms with van der Waals surface area (Å²) in [6.45, 7) is -0.893. The van der Waals surface area contributed by atoms with Crippen molar-refractivity contribution in [2.45, 2.75) is 42.8 Å². The highest BCUT2D eigenvalue weighted by molar-refractivity contribution is 7.89. The van der Waals surface area contributed by atoms with Gasteiger partial charge in [0.1, 0.15) is 18.2 Å². The molecule has 1 aromatic heterocycles. The fraction of sp³-hybridized carbons (Fsp3) is 0.368. The van der Waals surface area contributed by atoms with E-state index in [1.807, 2.05) is 0 Å². The molecule has 0 spiro atoms. The lowest BCUT2D eigenvalue weighted by Crippen LogP contribution is -2.59. The molecule has 32 heavy (non-hydrogen) atoms. The maximum Gasteiger partial charge on any atom is 0.416 e. The highest BCUT2D eigenvalue weighted by Gasteiger charge is 2.50. The highest BCUT2D eigenvalue weighted by atomic mass is 32.2. The summed E-state index contributed by atoms with van der Waals surface area (Å²) in [4.78, 5) is 15.2. The highest BCUT2D eigenvalue weighted by Crippen LogP contribution is 2.34. The number of aliphatic hydroxyl groups is 1. The minimum atomic E-state index is -4.72. The molecule has 8 nitrogen and oxygen atoms in total. The van der Waals surface area contributed by atoms with Crippen LogP contribution in [0.3, 0.4) is 0 Å². The predicted molar refractivity (Wildman–Crippen MR) is 100 cm³/mol. The van der Waals surface area contributed by atoms with Gasteiger partial charge >= 0.3 is 12.1 Å². The summed E-state index contributed by atoms with van der Waals surface area (Å²) < 4.78 is 83.9. The average molecular weight is 478 g/mol. The van der Waals surface area contributed by atoms with Crippen LogP contribution in [0.25, 0.3) is 0 Å². The number of piperidine rings is 1. The van der Waals surface area contributed by atoms with Gasteiger partial charge in [0.15, 0.2) is 5.03 Å². The lowest BCUT2D eigenvalue weighted by molar-refractivity contribution is -0.177. The number of carboxylic acids is 1. The molecule has 1 atom stereocenters. The Kier molecular flexibility index (Phi) is 6.45. The number of aromatic nitrogens is 1. The topological polar surface area (TPSA) is 117 Å². The summed E-state index contributed by atoms with van der Waals surface area (Å²) in [7, 11) is -4.49. The number of hydrogen-bond donors (Lipinski definition) is 2. The molecular formula is C19H18F4N2O6S. The van der Waals surface area contributed by atoms with E-state index in [1.165, 1.54) is 0 Å². The Morgan fingerprint density at radius 2 is 1.94 bits per heavy atom. The second-order valence-electron chi connectivity index (χ2n) is 7.08. The third-order valence-corrected chi connectivity index (χ3v) is 6.76. The van der Waals surface area contributed by atoms with E-state index in [0.717, 1.165) is 18.3 Å². The van der Waals surface area contributed by atoms with E-state index in [1.54, 1.807) is 0 Å². The number of hydrogen-bond acceptors (Lipinski definition) is 6. The van der Waals surface area contributed by atoms with Crippen LogP contribution in [0.1, 0.15) is 30.4 Å². The van der Waals surface area contributed by atoms with Crippen LogP contribution in [-0.4, -0.2) is 46.2 Å². The van der Waals surface area contributed by atoms with Crippen LogP contribution in [0.4, 0.5) is 17.6 Å². The number of aliphatic carboxylic acids is 1. The molecular weight excluding hydrogens is 460 g/mol. The number of benzene rings is 1. The van der Waals surface area contributed by atoms with E-state index < -0.39 is 56.5 Å². The van der Waals surface area contributed by atoms with Crippen molar-refractivity contribution in [2.24, 2.45) is 0 Å². The van der Waals surface area contributed by atoms with Crippen LogP contribution in [0.2, 0.25) is 0 Å². The third-order valence-electron chi connectivity index (χ3n) is 4.92. The van der Waals surface area contributed by atoms with E-state index in [4.69, 9.17) is 4.74 Å². The molecule has 0 bridgehead atoms. The number of alkyl halides is 3. The van der Waals surface area contributed by atoms with E-state index >= 15 is 0 Å². The number of nitrogens with zero attached hydrogens (tertiary/aromatic N) is 2. The monoisotopic (exact) mass is 478 g/mol. The van der Waals surface area contributed by atoms with Crippen LogP contribution in [-0.2, 0) is 27.6 Å². The van der Waals surface area contributed by atoms with Crippen LogP contribution >= 0.6 is 0 Å². The molecule has 0 radical (unpaired) electrons. The largest absolute Gasteiger partial charge is 0.487 e. The van der Waals surface area contributed by atoms with Crippen molar-refractivity contribution >= 4 is 16.0 Å². The Morgan fingerprint density at radius 3 is 2.53 bits per heavy atom. The molecule has 1 saturated heterocycles. The number of carboxylic acid groups (broad SMARTS) is 1. The van der Waals surface area contributed by atoms with Crippen molar-refractivity contribution in [1.29, 1.82) is 0 Å². The van der Waals surface area contributed by atoms with Crippen molar-refractivity contribution in [3.05, 3.63) is 53.5 Å². The fourth-order valence-corrected chi connectivity index (χ4v) is 4.89. The van der Waals surface area contributed by atoms with E-state index in [2.05, 4.69) is 4.98 Å². The quantitative estimate of drug-likeness (QED) is 0.613. The van der Waals surface area contributed by atoms with Gasteiger partial charge in [-0.2, -0.15) is 17.5 Å². The lowest BCUT2D eigenvalue weighted by atomic mass is 10.0. The van der Waals surface area contributed by atoms with Gasteiger partial charge in [0, 0.05) is 18.5 Å². The standard InChI is InChI=1S/C19H18F4N2O6S/c20-13-3-5-15(19(21,22)23)12(9-13)11-31-14-4-6-16(24-10-14)32(29,30)25-8-2-1-7-18(25,28)17(26)27/h3-6,9-10,28H,1-2,7-8,11H2,(H,26,27). The maximum atomic E-state index is 13.4. The summed E-state index contributed by atoms with van der Waals surface area (Å²) >= 11 is 0. The molecule has 0 saturated carbocycles. The first-order valence-corrected chi connectivity index (χ1v) is 10.7. The first-order valence-electron chi connectivity index (χ1n) is 9.29. The van der Waals surface area contributed by atoms with Gasteiger partial charge in [-0.1, -0.05) is 0 Å². The molecule has 13 heteroatoms. The molecule has 0 aliphatic carbocycles. The summed E-state index contributed by atoms with van der Waals surface area (Å²) in [6, 6.07) is 4.02. The number of rotatable bonds is 6. The molecule has 0 amide bonds. The van der Waals surface area contributed by atoms with Crippen LogP contribution in [0.15, 0.2) is 41.6 Å². The number of sulfonamides is 1. The summed E-state index contributed by atoms with van der Waals surface area (Å²) in [5.74, 6) is -2.70. The van der Waals surface area contributed by atoms with Crippen molar-refractivity contribution < 1.29 is 45.7 Å². The Morgan fingerprint density at radius 1 is 1.22 bits per heavy atom. The SMILES string of the molecule is O=C(O)C1(O)CCCCN1S(=O)(=O)c1ccc(OCc2cc(F)ccc2C(F)(F)F)cn1. The van der Waals surface area contributed by atoms with Gasteiger partial charge in [0.2, 0.25) is 5.72 Å². The van der Waals surface area contributed by atoms with Gasteiger partial charge < -0.3 is 14.9 Å². The second kappa shape index (κ2) is 8.64. The molecule has 1 aromatic carbocycles. The average Bonchev–Trinajstić information content (AvgIpc) is 2.71. The smallest absolute Gasteiger partial charge is 0.416 e. The molecule has 2 N–H and O–H groups in total. The Labute approximate surface area is 180 Å². The van der Waals surface area contributed by atoms with Crippen molar-refractivity contribution in [1.82, 2.24) is 9.29 Å². The number of pyridine rings is 1. The van der Waals surface area contributed by atoms with Gasteiger partial charge in [0.25, 0.3) is 10.0 Å². The van der Waals surface area contributed by atoms with Gasteiger partial charge in [-0.15, -0.1) is 0 Å². The normalized spacial score (nSPS) is 20.2. The third kappa shape index (κ3) is 4.69. The summed E-state index contributed by atoms with van der Waals surface area (Å²) in [5.41, 5.74) is -4.16. The Bertz CT molecular complexity index is 1110. The minimum absolute atomic E-state index is 0.103. The number of halogens is 4. The van der Waals surface area contributed by atoms with Crippen molar-refractivity contribution in [3.8, 4) is 5.75 Å². The molecule has 2 aromatic rings. The fourth-order valence-electron chi connectivity index (χ4n) is 3.31. The maximum absolute atomic E-state index is 13.4. The Balaban J connectivity index is 1.80. The van der Waals surface area contributed by atoms with Crippen LogP contribution in [0, 0.1) is 5.82 Å². The van der Waals surface area contributed by atoms with Crippen molar-refractivity contribution in [2.75, 3.05) is 6.54 Å². The Hall–Kier alpha value is -2.77. The van der Waals surface area contributed by atoms with Crippen LogP contribution in [0.5, 0.6) is 5.75 Å². The van der Waals surface area contributed by atoms with Crippen LogP contribution < -0.4 is 4.74 Å². The number of ether oxygens (including phenoxy) is 1. The van der Waals surface area contributed by atoms with Gasteiger partial charge in [-0.3, -0.25) is 0 Å². The summed E-state index contributed by atoms with van der Waals surface area (Å²) in [5, 5.41) is 19.1. The minimum Gasteiger partial charge on any atom is -0.487 e. The number of carbonyl (C=O) groups is 1. The zero-order valence-electron chi connectivity index (χ0n) is 16.3. The molecule has 3 rings (SSSR count). The van der Waals surface area contributed by atoms with E-state index in [0.29, 0.717) is 35.3 Å².